The first-order valence-electron chi connectivity index (χ1n) is 7.57. The molecule has 0 unspecified atom stereocenters. The monoisotopic (exact) mass is 306 g/mol. The molecule has 1 aliphatic heterocycles. The van der Waals surface area contributed by atoms with Crippen molar-refractivity contribution >= 4 is 5.82 Å². The number of hydrogen-bond donors (Lipinski definition) is 0. The highest BCUT2D eigenvalue weighted by Gasteiger charge is 2.26. The largest absolute Gasteiger partial charge is 0.376 e. The molecule has 0 aromatic carbocycles. The Balaban J connectivity index is 2.42. The Labute approximate surface area is 129 Å². The highest BCUT2D eigenvalue weighted by atomic mass is 16.5. The number of aromatic nitrogens is 2. The van der Waals surface area contributed by atoms with Crippen molar-refractivity contribution in [1.29, 1.82) is 5.26 Å². The minimum atomic E-state index is -0.544. The average Bonchev–Trinajstić information content (AvgIpc) is 2.54. The Hall–Kier alpha value is -2.07. The van der Waals surface area contributed by atoms with Gasteiger partial charge in [0.1, 0.15) is 11.9 Å². The van der Waals surface area contributed by atoms with Gasteiger partial charge in [-0.15, -0.1) is 0 Å². The summed E-state index contributed by atoms with van der Waals surface area (Å²) in [5, 5.41) is 9.34. The normalized spacial score (nSPS) is 18.3. The van der Waals surface area contributed by atoms with Crippen molar-refractivity contribution in [3.63, 3.8) is 0 Å². The zero-order chi connectivity index (χ0) is 16.3. The molecule has 2 heterocycles. The predicted octanol–water partition coefficient (Wildman–Crippen LogP) is 0.351. The summed E-state index contributed by atoms with van der Waals surface area (Å²) in [5.74, 6) is 0.403. The second kappa shape index (κ2) is 6.79. The first-order chi connectivity index (χ1) is 10.5. The van der Waals surface area contributed by atoms with E-state index in [0.717, 1.165) is 23.8 Å². The zero-order valence-electron chi connectivity index (χ0n) is 13.3. The second-order valence-corrected chi connectivity index (χ2v) is 5.60. The van der Waals surface area contributed by atoms with Crippen LogP contribution < -0.4 is 16.1 Å². The first kappa shape index (κ1) is 16.3. The molecule has 120 valence electrons. The van der Waals surface area contributed by atoms with Gasteiger partial charge in [-0.3, -0.25) is 13.9 Å². The predicted molar refractivity (Wildman–Crippen MR) is 83.1 cm³/mol. The van der Waals surface area contributed by atoms with Crippen molar-refractivity contribution in [2.75, 3.05) is 24.6 Å². The third kappa shape index (κ3) is 2.92. The average molecular weight is 306 g/mol. The van der Waals surface area contributed by atoms with Gasteiger partial charge in [-0.2, -0.15) is 5.26 Å². The number of anilines is 1. The Morgan fingerprint density at radius 1 is 1.32 bits per heavy atom. The van der Waals surface area contributed by atoms with Crippen molar-refractivity contribution in [3.05, 3.63) is 26.4 Å². The van der Waals surface area contributed by atoms with Crippen LogP contribution in [0, 0.1) is 11.3 Å². The standard InChI is InChI=1S/C15H22N4O3/c1-4-8-22-11-6-5-7-19(10-11)13-12(9-16)14(20)18(3)15(21)17(13)2/h11H,4-8,10H2,1-3H3/t11-/m0/s1. The molecular weight excluding hydrogens is 284 g/mol. The molecule has 1 saturated heterocycles. The van der Waals surface area contributed by atoms with Gasteiger partial charge < -0.3 is 9.64 Å². The summed E-state index contributed by atoms with van der Waals surface area (Å²) in [5.41, 5.74) is -0.950. The lowest BCUT2D eigenvalue weighted by atomic mass is 10.1. The van der Waals surface area contributed by atoms with Crippen molar-refractivity contribution in [3.8, 4) is 6.07 Å². The molecule has 0 spiro atoms. The maximum Gasteiger partial charge on any atom is 0.332 e. The fraction of sp³-hybridized carbons (Fsp3) is 0.667. The smallest absolute Gasteiger partial charge is 0.332 e. The van der Waals surface area contributed by atoms with E-state index in [1.54, 1.807) is 7.05 Å². The summed E-state index contributed by atoms with van der Waals surface area (Å²) in [7, 11) is 2.98. The lowest BCUT2D eigenvalue weighted by Crippen LogP contribution is -2.46. The lowest BCUT2D eigenvalue weighted by Gasteiger charge is -2.35. The Kier molecular flexibility index (Phi) is 5.03. The molecule has 1 atom stereocenters. The number of ether oxygens (including phenoxy) is 1. The molecule has 0 N–H and O–H groups in total. The van der Waals surface area contributed by atoms with E-state index in [1.165, 1.54) is 11.6 Å². The van der Waals surface area contributed by atoms with E-state index in [1.807, 2.05) is 11.0 Å². The van der Waals surface area contributed by atoms with Gasteiger partial charge in [-0.1, -0.05) is 6.92 Å². The second-order valence-electron chi connectivity index (χ2n) is 5.60. The third-order valence-corrected chi connectivity index (χ3v) is 3.98. The van der Waals surface area contributed by atoms with Crippen LogP contribution in [-0.4, -0.2) is 34.9 Å². The van der Waals surface area contributed by atoms with Gasteiger partial charge in [0.25, 0.3) is 5.56 Å². The molecule has 0 saturated carbocycles. The van der Waals surface area contributed by atoms with Crippen LogP contribution in [0.3, 0.4) is 0 Å². The molecule has 1 aromatic heterocycles. The molecule has 1 aliphatic rings. The Bertz CT molecular complexity index is 698. The topological polar surface area (TPSA) is 80.3 Å². The summed E-state index contributed by atoms with van der Waals surface area (Å²) < 4.78 is 8.13. The molecule has 2 rings (SSSR count). The van der Waals surface area contributed by atoms with Crippen LogP contribution >= 0.6 is 0 Å². The molecule has 0 bridgehead atoms. The summed E-state index contributed by atoms with van der Waals surface area (Å²) in [6, 6.07) is 1.95. The highest BCUT2D eigenvalue weighted by Crippen LogP contribution is 2.21. The van der Waals surface area contributed by atoms with E-state index in [4.69, 9.17) is 4.74 Å². The molecule has 7 heteroatoms. The number of piperidine rings is 1. The number of nitriles is 1. The SMILES string of the molecule is CCCO[C@H]1CCCN(c2c(C#N)c(=O)n(C)c(=O)n2C)C1. The fourth-order valence-corrected chi connectivity index (χ4v) is 2.85. The van der Waals surface area contributed by atoms with Gasteiger partial charge in [0.15, 0.2) is 5.56 Å². The molecule has 7 nitrogen and oxygen atoms in total. The van der Waals surface area contributed by atoms with E-state index in [9.17, 15) is 14.9 Å². The van der Waals surface area contributed by atoms with E-state index in [0.29, 0.717) is 25.5 Å². The molecule has 0 aliphatic carbocycles. The van der Waals surface area contributed by atoms with Gasteiger partial charge >= 0.3 is 5.69 Å². The fourth-order valence-electron chi connectivity index (χ4n) is 2.85. The maximum absolute atomic E-state index is 12.2. The summed E-state index contributed by atoms with van der Waals surface area (Å²) in [6.07, 6.45) is 2.88. The van der Waals surface area contributed by atoms with Gasteiger partial charge in [0.05, 0.1) is 6.10 Å². The lowest BCUT2D eigenvalue weighted by molar-refractivity contribution is 0.0437. The van der Waals surface area contributed by atoms with Crippen LogP contribution in [0.25, 0.3) is 0 Å². The van der Waals surface area contributed by atoms with E-state index >= 15 is 0 Å². The van der Waals surface area contributed by atoms with Gasteiger partial charge in [0.2, 0.25) is 0 Å². The van der Waals surface area contributed by atoms with Crippen LogP contribution in [0.2, 0.25) is 0 Å². The van der Waals surface area contributed by atoms with Crippen LogP contribution in [-0.2, 0) is 18.8 Å². The molecule has 22 heavy (non-hydrogen) atoms. The molecule has 0 radical (unpaired) electrons. The Morgan fingerprint density at radius 3 is 2.68 bits per heavy atom. The minimum Gasteiger partial charge on any atom is -0.376 e. The van der Waals surface area contributed by atoms with Crippen LogP contribution in [0.4, 0.5) is 5.82 Å². The van der Waals surface area contributed by atoms with Crippen LogP contribution in [0.5, 0.6) is 0 Å². The van der Waals surface area contributed by atoms with Crippen LogP contribution in [0.1, 0.15) is 31.7 Å². The van der Waals surface area contributed by atoms with E-state index in [2.05, 4.69) is 6.92 Å². The maximum atomic E-state index is 12.2. The van der Waals surface area contributed by atoms with Crippen LogP contribution in [0.15, 0.2) is 9.59 Å². The molecule has 1 fully saturated rings. The molecule has 1 aromatic rings. The number of nitrogens with zero attached hydrogens (tertiary/aromatic N) is 4. The molecular formula is C15H22N4O3. The van der Waals surface area contributed by atoms with Crippen molar-refractivity contribution in [2.24, 2.45) is 14.1 Å². The number of hydrogen-bond acceptors (Lipinski definition) is 5. The Morgan fingerprint density at radius 2 is 2.05 bits per heavy atom. The van der Waals surface area contributed by atoms with Gasteiger partial charge in [0, 0.05) is 33.8 Å². The summed E-state index contributed by atoms with van der Waals surface area (Å²) in [4.78, 5) is 26.2. The first-order valence-corrected chi connectivity index (χ1v) is 7.57. The zero-order valence-corrected chi connectivity index (χ0v) is 13.3. The van der Waals surface area contributed by atoms with Gasteiger partial charge in [-0.05, 0) is 19.3 Å². The van der Waals surface area contributed by atoms with Crippen molar-refractivity contribution in [1.82, 2.24) is 9.13 Å². The van der Waals surface area contributed by atoms with E-state index in [-0.39, 0.29) is 11.7 Å². The van der Waals surface area contributed by atoms with E-state index < -0.39 is 11.2 Å². The van der Waals surface area contributed by atoms with Crippen molar-refractivity contribution in [2.45, 2.75) is 32.3 Å². The van der Waals surface area contributed by atoms with Crippen molar-refractivity contribution < 1.29 is 4.74 Å². The highest BCUT2D eigenvalue weighted by molar-refractivity contribution is 5.53. The summed E-state index contributed by atoms with van der Waals surface area (Å²) >= 11 is 0. The van der Waals surface area contributed by atoms with Gasteiger partial charge in [-0.25, -0.2) is 4.79 Å². The third-order valence-electron chi connectivity index (χ3n) is 3.98. The minimum absolute atomic E-state index is 0.0146. The quantitative estimate of drug-likeness (QED) is 0.802. The molecule has 0 amide bonds. The number of rotatable bonds is 4. The summed E-state index contributed by atoms with van der Waals surface area (Å²) in [6.45, 7) is 4.05.